The number of imidazole rings is 1. The van der Waals surface area contributed by atoms with Crippen LogP contribution in [0.15, 0.2) is 30.3 Å². The van der Waals surface area contributed by atoms with Gasteiger partial charge in [0.05, 0.1) is 16.7 Å². The Labute approximate surface area is 128 Å². The van der Waals surface area contributed by atoms with Crippen molar-refractivity contribution in [3.63, 3.8) is 0 Å². The maximum atomic E-state index is 11.7. The smallest absolute Gasteiger partial charge is 0.233 e. The molecule has 0 saturated carbocycles. The zero-order valence-electron chi connectivity index (χ0n) is 13.0. The highest BCUT2D eigenvalue weighted by Crippen LogP contribution is 2.22. The number of anilines is 1. The lowest BCUT2D eigenvalue weighted by molar-refractivity contribution is -0.115. The molecule has 0 atom stereocenters. The van der Waals surface area contributed by atoms with Gasteiger partial charge in [-0.1, -0.05) is 19.1 Å². The normalized spacial score (nSPS) is 11.0. The number of rotatable bonds is 4. The van der Waals surface area contributed by atoms with E-state index in [-0.39, 0.29) is 5.91 Å². The number of fused-ring (bicyclic) bond motifs is 1. The van der Waals surface area contributed by atoms with E-state index in [9.17, 15) is 4.79 Å². The van der Waals surface area contributed by atoms with E-state index in [1.165, 1.54) is 0 Å². The van der Waals surface area contributed by atoms with Gasteiger partial charge in [0.15, 0.2) is 0 Å². The van der Waals surface area contributed by atoms with Gasteiger partial charge in [0.2, 0.25) is 11.9 Å². The van der Waals surface area contributed by atoms with E-state index in [0.29, 0.717) is 18.2 Å². The summed E-state index contributed by atoms with van der Waals surface area (Å²) in [4.78, 5) is 16.4. The van der Waals surface area contributed by atoms with Crippen molar-refractivity contribution in [2.24, 2.45) is 0 Å². The van der Waals surface area contributed by atoms with E-state index in [2.05, 4.69) is 26.9 Å². The Balaban J connectivity index is 2.17. The molecule has 0 saturated heterocycles. The summed E-state index contributed by atoms with van der Waals surface area (Å²) in [7, 11) is 0. The molecule has 3 aromatic rings. The van der Waals surface area contributed by atoms with E-state index in [4.69, 9.17) is 0 Å². The van der Waals surface area contributed by atoms with Crippen LogP contribution in [0.1, 0.15) is 26.0 Å². The van der Waals surface area contributed by atoms with Crippen molar-refractivity contribution in [3.8, 4) is 5.95 Å². The predicted octanol–water partition coefficient (Wildman–Crippen LogP) is 2.90. The summed E-state index contributed by atoms with van der Waals surface area (Å²) >= 11 is 0. The Morgan fingerprint density at radius 1 is 1.27 bits per heavy atom. The van der Waals surface area contributed by atoms with Crippen molar-refractivity contribution in [1.82, 2.24) is 19.3 Å². The van der Waals surface area contributed by atoms with Crippen molar-refractivity contribution < 1.29 is 4.79 Å². The van der Waals surface area contributed by atoms with E-state index < -0.39 is 0 Å². The minimum Gasteiger partial charge on any atom is -0.310 e. The summed E-state index contributed by atoms with van der Waals surface area (Å²) < 4.78 is 3.79. The van der Waals surface area contributed by atoms with E-state index in [1.807, 2.05) is 44.2 Å². The second kappa shape index (κ2) is 5.63. The zero-order chi connectivity index (χ0) is 15.7. The summed E-state index contributed by atoms with van der Waals surface area (Å²) in [5.74, 6) is 1.32. The van der Waals surface area contributed by atoms with Crippen LogP contribution in [0.3, 0.4) is 0 Å². The Morgan fingerprint density at radius 2 is 2.05 bits per heavy atom. The topological polar surface area (TPSA) is 64.7 Å². The average molecular weight is 297 g/mol. The van der Waals surface area contributed by atoms with Crippen LogP contribution >= 0.6 is 0 Å². The molecular formula is C16H19N5O. The largest absolute Gasteiger partial charge is 0.310 e. The van der Waals surface area contributed by atoms with Gasteiger partial charge in [-0.05, 0) is 26.0 Å². The summed E-state index contributed by atoms with van der Waals surface area (Å²) in [6, 6.07) is 9.83. The minimum absolute atomic E-state index is 0.0414. The van der Waals surface area contributed by atoms with Gasteiger partial charge in [-0.15, -0.1) is 0 Å². The molecular weight excluding hydrogens is 278 g/mol. The fourth-order valence-electron chi connectivity index (χ4n) is 2.51. The molecule has 1 N–H and O–H groups in total. The quantitative estimate of drug-likeness (QED) is 0.805. The van der Waals surface area contributed by atoms with Crippen molar-refractivity contribution in [3.05, 3.63) is 36.0 Å². The number of para-hydroxylation sites is 2. The molecule has 0 aliphatic heterocycles. The molecule has 0 spiro atoms. The molecule has 0 bridgehead atoms. The minimum atomic E-state index is -0.0414. The summed E-state index contributed by atoms with van der Waals surface area (Å²) in [6.45, 7) is 6.56. The van der Waals surface area contributed by atoms with Crippen LogP contribution in [0.25, 0.3) is 17.0 Å². The maximum absolute atomic E-state index is 11.7. The average Bonchev–Trinajstić information content (AvgIpc) is 3.06. The lowest BCUT2D eigenvalue weighted by atomic mass is 10.3. The van der Waals surface area contributed by atoms with Gasteiger partial charge < -0.3 is 9.88 Å². The van der Waals surface area contributed by atoms with Gasteiger partial charge in [-0.25, -0.2) is 4.98 Å². The van der Waals surface area contributed by atoms with Crippen molar-refractivity contribution in [2.45, 2.75) is 33.7 Å². The van der Waals surface area contributed by atoms with Gasteiger partial charge in [-0.3, -0.25) is 4.79 Å². The zero-order valence-corrected chi connectivity index (χ0v) is 13.0. The van der Waals surface area contributed by atoms with Crippen LogP contribution in [0, 0.1) is 6.92 Å². The molecule has 2 heterocycles. The fraction of sp³-hybridized carbons (Fsp3) is 0.312. The first-order valence-electron chi connectivity index (χ1n) is 7.46. The van der Waals surface area contributed by atoms with Crippen LogP contribution in [0.4, 0.5) is 5.82 Å². The van der Waals surface area contributed by atoms with Crippen LogP contribution in [0.2, 0.25) is 0 Å². The lowest BCUT2D eigenvalue weighted by Gasteiger charge is -2.09. The SMILES string of the molecule is CCC(=O)Nc1cc(C)nn1-c1nc2ccccc2n1CC. The molecule has 0 aliphatic carbocycles. The first-order valence-corrected chi connectivity index (χ1v) is 7.46. The Bertz CT molecular complexity index is 830. The molecule has 0 radical (unpaired) electrons. The van der Waals surface area contributed by atoms with Gasteiger partial charge in [0.1, 0.15) is 5.82 Å². The van der Waals surface area contributed by atoms with Crippen LogP contribution in [-0.2, 0) is 11.3 Å². The number of amides is 1. The number of carbonyl (C=O) groups excluding carboxylic acids is 1. The third kappa shape index (κ3) is 2.36. The van der Waals surface area contributed by atoms with Crippen LogP contribution < -0.4 is 5.32 Å². The molecule has 0 unspecified atom stereocenters. The first kappa shape index (κ1) is 14.3. The molecule has 0 aliphatic rings. The number of aromatic nitrogens is 4. The van der Waals surface area contributed by atoms with Gasteiger partial charge in [0.25, 0.3) is 0 Å². The Morgan fingerprint density at radius 3 is 2.77 bits per heavy atom. The van der Waals surface area contributed by atoms with E-state index in [0.717, 1.165) is 23.3 Å². The molecule has 22 heavy (non-hydrogen) atoms. The first-order chi connectivity index (χ1) is 10.6. The monoisotopic (exact) mass is 297 g/mol. The second-order valence-corrected chi connectivity index (χ2v) is 5.13. The summed E-state index contributed by atoms with van der Waals surface area (Å²) in [5, 5.41) is 7.37. The number of hydrogen-bond acceptors (Lipinski definition) is 3. The van der Waals surface area contributed by atoms with Crippen molar-refractivity contribution >= 4 is 22.8 Å². The molecule has 6 nitrogen and oxygen atoms in total. The van der Waals surface area contributed by atoms with Crippen molar-refractivity contribution in [2.75, 3.05) is 5.32 Å². The van der Waals surface area contributed by atoms with Gasteiger partial charge in [-0.2, -0.15) is 9.78 Å². The Kier molecular flexibility index (Phi) is 3.66. The van der Waals surface area contributed by atoms with Gasteiger partial charge in [0, 0.05) is 19.0 Å². The maximum Gasteiger partial charge on any atom is 0.233 e. The van der Waals surface area contributed by atoms with Crippen LogP contribution in [-0.4, -0.2) is 25.2 Å². The lowest BCUT2D eigenvalue weighted by Crippen LogP contribution is -2.15. The molecule has 1 amide bonds. The highest BCUT2D eigenvalue weighted by Gasteiger charge is 2.16. The number of aryl methyl sites for hydroxylation is 2. The second-order valence-electron chi connectivity index (χ2n) is 5.13. The molecule has 1 aromatic carbocycles. The highest BCUT2D eigenvalue weighted by molar-refractivity contribution is 5.90. The number of benzene rings is 1. The third-order valence-electron chi connectivity index (χ3n) is 3.56. The number of nitrogens with one attached hydrogen (secondary N) is 1. The standard InChI is InChI=1S/C16H19N5O/c1-4-15(22)18-14-10-11(3)19-21(14)16-17-12-8-6-7-9-13(12)20(16)5-2/h6-10H,4-5H2,1-3H3,(H,18,22). The van der Waals surface area contributed by atoms with Gasteiger partial charge >= 0.3 is 0 Å². The van der Waals surface area contributed by atoms with Crippen LogP contribution in [0.5, 0.6) is 0 Å². The third-order valence-corrected chi connectivity index (χ3v) is 3.56. The predicted molar refractivity (Wildman–Crippen MR) is 86.2 cm³/mol. The van der Waals surface area contributed by atoms with Crippen molar-refractivity contribution in [1.29, 1.82) is 0 Å². The Hall–Kier alpha value is -2.63. The van der Waals surface area contributed by atoms with E-state index in [1.54, 1.807) is 4.68 Å². The molecule has 0 fully saturated rings. The molecule has 6 heteroatoms. The molecule has 3 rings (SSSR count). The molecule has 2 aromatic heterocycles. The fourth-order valence-corrected chi connectivity index (χ4v) is 2.51. The summed E-state index contributed by atoms with van der Waals surface area (Å²) in [5.41, 5.74) is 2.81. The highest BCUT2D eigenvalue weighted by atomic mass is 16.1. The van der Waals surface area contributed by atoms with E-state index >= 15 is 0 Å². The number of hydrogen-bond donors (Lipinski definition) is 1. The summed E-state index contributed by atoms with van der Waals surface area (Å²) in [6.07, 6.45) is 0.425. The molecule has 114 valence electrons. The number of carbonyl (C=O) groups is 1. The number of nitrogens with zero attached hydrogens (tertiary/aromatic N) is 4.